The van der Waals surface area contributed by atoms with Crippen molar-refractivity contribution in [3.8, 4) is 0 Å². The van der Waals surface area contributed by atoms with Crippen molar-refractivity contribution in [3.63, 3.8) is 0 Å². The van der Waals surface area contributed by atoms with E-state index >= 15 is 0 Å². The van der Waals surface area contributed by atoms with E-state index in [1.165, 1.54) is 66.1 Å². The maximum absolute atomic E-state index is 4.30. The van der Waals surface area contributed by atoms with E-state index in [0.717, 1.165) is 11.8 Å². The third kappa shape index (κ3) is 3.97. The lowest BCUT2D eigenvalue weighted by Gasteiger charge is -2.30. The second kappa shape index (κ2) is 7.45. The minimum absolute atomic E-state index is 0.801. The van der Waals surface area contributed by atoms with Crippen molar-refractivity contribution in [2.75, 3.05) is 0 Å². The van der Waals surface area contributed by atoms with Gasteiger partial charge in [0.25, 0.3) is 0 Å². The summed E-state index contributed by atoms with van der Waals surface area (Å²) in [5, 5.41) is 0. The molecule has 0 amide bonds. The smallest absolute Gasteiger partial charge is 0.0207 e. The molecule has 110 valence electrons. The van der Waals surface area contributed by atoms with E-state index in [1.54, 1.807) is 0 Å². The van der Waals surface area contributed by atoms with Gasteiger partial charge < -0.3 is 0 Å². The van der Waals surface area contributed by atoms with Gasteiger partial charge in [0.2, 0.25) is 0 Å². The fourth-order valence-electron chi connectivity index (χ4n) is 3.48. The van der Waals surface area contributed by atoms with Crippen LogP contribution in [-0.2, 0) is 6.42 Å². The highest BCUT2D eigenvalue weighted by atomic mass is 79.9. The van der Waals surface area contributed by atoms with Crippen molar-refractivity contribution in [1.29, 1.82) is 0 Å². The van der Waals surface area contributed by atoms with Gasteiger partial charge in [-0.05, 0) is 74.5 Å². The molecule has 1 saturated carbocycles. The normalized spacial score (nSPS) is 22.8. The maximum atomic E-state index is 4.30. The van der Waals surface area contributed by atoms with Crippen LogP contribution in [0.25, 0.3) is 0 Å². The molecule has 0 radical (unpaired) electrons. The third-order valence-corrected chi connectivity index (χ3v) is 5.74. The minimum atomic E-state index is 0.801. The molecular formula is C19H27Br. The van der Waals surface area contributed by atoms with Crippen molar-refractivity contribution >= 4 is 15.9 Å². The van der Waals surface area contributed by atoms with Crippen molar-refractivity contribution in [2.24, 2.45) is 11.8 Å². The molecule has 1 aliphatic rings. The summed E-state index contributed by atoms with van der Waals surface area (Å²) in [6.07, 6.45) is 9.18. The van der Waals surface area contributed by atoms with E-state index in [0.29, 0.717) is 0 Å². The standard InChI is InChI=1S/C19H27Br/c1-4-6-14(2)17-11-9-16(10-12-17)13-18-7-5-8-19(20)15(18)3/h5,7-8,16-17H,2,4,6,9-13H2,1,3H3. The average Bonchev–Trinajstić information content (AvgIpc) is 2.45. The number of benzene rings is 1. The van der Waals surface area contributed by atoms with Crippen molar-refractivity contribution in [3.05, 3.63) is 46.0 Å². The molecule has 0 heterocycles. The van der Waals surface area contributed by atoms with E-state index < -0.39 is 0 Å². The van der Waals surface area contributed by atoms with Gasteiger partial charge in [-0.15, -0.1) is 0 Å². The van der Waals surface area contributed by atoms with Crippen LogP contribution in [0.3, 0.4) is 0 Å². The Hall–Kier alpha value is -0.560. The summed E-state index contributed by atoms with van der Waals surface area (Å²) in [6, 6.07) is 6.60. The molecule has 0 N–H and O–H groups in total. The molecule has 1 aromatic carbocycles. The molecule has 2 rings (SSSR count). The summed E-state index contributed by atoms with van der Waals surface area (Å²) in [5.41, 5.74) is 4.45. The fourth-order valence-corrected chi connectivity index (χ4v) is 3.89. The van der Waals surface area contributed by atoms with Crippen LogP contribution in [0, 0.1) is 18.8 Å². The second-order valence-corrected chi connectivity index (χ2v) is 7.21. The number of rotatable bonds is 5. The lowest BCUT2D eigenvalue weighted by molar-refractivity contribution is 0.296. The molecule has 1 aromatic rings. The van der Waals surface area contributed by atoms with Crippen LogP contribution in [0.15, 0.2) is 34.8 Å². The number of hydrogen-bond acceptors (Lipinski definition) is 0. The molecule has 1 heteroatoms. The molecule has 0 nitrogen and oxygen atoms in total. The van der Waals surface area contributed by atoms with Gasteiger partial charge in [0.1, 0.15) is 0 Å². The molecule has 0 atom stereocenters. The molecule has 0 saturated heterocycles. The molecule has 0 bridgehead atoms. The van der Waals surface area contributed by atoms with Gasteiger partial charge in [-0.1, -0.05) is 53.6 Å². The predicted octanol–water partition coefficient (Wildman–Crippen LogP) is 6.46. The molecule has 1 fully saturated rings. The molecule has 0 spiro atoms. The quantitative estimate of drug-likeness (QED) is 0.542. The first-order chi connectivity index (χ1) is 9.61. The van der Waals surface area contributed by atoms with Crippen LogP contribution in [0.4, 0.5) is 0 Å². The lowest BCUT2D eigenvalue weighted by atomic mass is 9.75. The largest absolute Gasteiger partial charge is 0.0996 e. The fraction of sp³-hybridized carbons (Fsp3) is 0.579. The average molecular weight is 335 g/mol. The van der Waals surface area contributed by atoms with Crippen molar-refractivity contribution in [2.45, 2.75) is 58.8 Å². The Labute approximate surface area is 132 Å². The zero-order valence-electron chi connectivity index (χ0n) is 12.9. The summed E-state index contributed by atoms with van der Waals surface area (Å²) in [6.45, 7) is 8.78. The summed E-state index contributed by atoms with van der Waals surface area (Å²) in [5.74, 6) is 1.67. The Morgan fingerprint density at radius 1 is 1.25 bits per heavy atom. The first-order valence-corrected chi connectivity index (χ1v) is 8.82. The highest BCUT2D eigenvalue weighted by Crippen LogP contribution is 2.36. The second-order valence-electron chi connectivity index (χ2n) is 6.35. The van der Waals surface area contributed by atoms with E-state index in [4.69, 9.17) is 0 Å². The van der Waals surface area contributed by atoms with Gasteiger partial charge in [-0.3, -0.25) is 0 Å². The Bertz CT molecular complexity index is 453. The summed E-state index contributed by atoms with van der Waals surface area (Å²) >= 11 is 3.65. The Morgan fingerprint density at radius 3 is 2.60 bits per heavy atom. The minimum Gasteiger partial charge on any atom is -0.0996 e. The van der Waals surface area contributed by atoms with E-state index in [2.05, 4.69) is 54.6 Å². The van der Waals surface area contributed by atoms with Gasteiger partial charge in [0.05, 0.1) is 0 Å². The monoisotopic (exact) mass is 334 g/mol. The molecule has 20 heavy (non-hydrogen) atoms. The summed E-state index contributed by atoms with van der Waals surface area (Å²) in [4.78, 5) is 0. The van der Waals surface area contributed by atoms with Crippen LogP contribution in [0.1, 0.15) is 56.6 Å². The SMILES string of the molecule is C=C(CCC)C1CCC(Cc2cccc(Br)c2C)CC1. The zero-order chi connectivity index (χ0) is 14.5. The highest BCUT2D eigenvalue weighted by molar-refractivity contribution is 9.10. The van der Waals surface area contributed by atoms with Crippen LogP contribution in [0.2, 0.25) is 0 Å². The first-order valence-electron chi connectivity index (χ1n) is 8.03. The lowest BCUT2D eigenvalue weighted by Crippen LogP contribution is -2.18. The molecule has 1 aliphatic carbocycles. The Morgan fingerprint density at radius 2 is 1.95 bits per heavy atom. The Balaban J connectivity index is 1.88. The van der Waals surface area contributed by atoms with E-state index in [9.17, 15) is 0 Å². The van der Waals surface area contributed by atoms with Crippen molar-refractivity contribution in [1.82, 2.24) is 0 Å². The van der Waals surface area contributed by atoms with Gasteiger partial charge in [-0.25, -0.2) is 0 Å². The molecule has 0 unspecified atom stereocenters. The van der Waals surface area contributed by atoms with Crippen LogP contribution in [0.5, 0.6) is 0 Å². The maximum Gasteiger partial charge on any atom is 0.0207 e. The molecule has 0 aromatic heterocycles. The number of hydrogen-bond donors (Lipinski definition) is 0. The van der Waals surface area contributed by atoms with Crippen molar-refractivity contribution < 1.29 is 0 Å². The first kappa shape index (κ1) is 15.8. The number of allylic oxidation sites excluding steroid dienone is 1. The van der Waals surface area contributed by atoms with Gasteiger partial charge >= 0.3 is 0 Å². The summed E-state index contributed by atoms with van der Waals surface area (Å²) < 4.78 is 1.25. The Kier molecular flexibility index (Phi) is 5.89. The molecule has 0 aliphatic heterocycles. The topological polar surface area (TPSA) is 0 Å². The van der Waals surface area contributed by atoms with Crippen LogP contribution in [-0.4, -0.2) is 0 Å². The highest BCUT2D eigenvalue weighted by Gasteiger charge is 2.23. The predicted molar refractivity (Wildman–Crippen MR) is 92.1 cm³/mol. The zero-order valence-corrected chi connectivity index (χ0v) is 14.5. The molecular weight excluding hydrogens is 308 g/mol. The third-order valence-electron chi connectivity index (χ3n) is 4.88. The van der Waals surface area contributed by atoms with E-state index in [1.807, 2.05) is 0 Å². The summed E-state index contributed by atoms with van der Waals surface area (Å²) in [7, 11) is 0. The van der Waals surface area contributed by atoms with Gasteiger partial charge in [-0.2, -0.15) is 0 Å². The number of halogens is 1. The van der Waals surface area contributed by atoms with E-state index in [-0.39, 0.29) is 0 Å². The van der Waals surface area contributed by atoms with Gasteiger partial charge in [0, 0.05) is 4.47 Å². The van der Waals surface area contributed by atoms with Gasteiger partial charge in [0.15, 0.2) is 0 Å². The van der Waals surface area contributed by atoms with Crippen LogP contribution >= 0.6 is 15.9 Å². The van der Waals surface area contributed by atoms with Crippen LogP contribution < -0.4 is 0 Å².